The summed E-state index contributed by atoms with van der Waals surface area (Å²) in [4.78, 5) is 11.9. The van der Waals surface area contributed by atoms with E-state index in [1.807, 2.05) is 12.1 Å². The van der Waals surface area contributed by atoms with Crippen LogP contribution in [0.5, 0.6) is 0 Å². The smallest absolute Gasteiger partial charge is 0.323 e. The van der Waals surface area contributed by atoms with Gasteiger partial charge in [0.2, 0.25) is 0 Å². The van der Waals surface area contributed by atoms with Gasteiger partial charge >= 0.3 is 5.97 Å². The highest BCUT2D eigenvalue weighted by Crippen LogP contribution is 2.14. The van der Waals surface area contributed by atoms with Crippen molar-refractivity contribution in [2.45, 2.75) is 45.7 Å². The summed E-state index contributed by atoms with van der Waals surface area (Å²) in [5, 5.41) is 3.40. The molecule has 0 spiro atoms. The molecule has 0 bridgehead atoms. The van der Waals surface area contributed by atoms with E-state index in [4.69, 9.17) is 4.74 Å². The third kappa shape index (κ3) is 5.25. The maximum absolute atomic E-state index is 11.9. The Kier molecular flexibility index (Phi) is 7.24. The average molecular weight is 342 g/mol. The van der Waals surface area contributed by atoms with Crippen LogP contribution in [-0.2, 0) is 16.0 Å². The Morgan fingerprint density at radius 3 is 2.40 bits per heavy atom. The number of rotatable bonds is 7. The van der Waals surface area contributed by atoms with Crippen LogP contribution in [0.25, 0.3) is 0 Å². The molecule has 20 heavy (non-hydrogen) atoms. The molecule has 1 aromatic carbocycles. The van der Waals surface area contributed by atoms with Crippen molar-refractivity contribution >= 4 is 21.9 Å². The molecule has 0 heterocycles. The first-order valence-corrected chi connectivity index (χ1v) is 7.85. The molecule has 0 radical (unpaired) electrons. The molecule has 0 amide bonds. The Bertz CT molecular complexity index is 419. The number of hydrogen-bond acceptors (Lipinski definition) is 3. The topological polar surface area (TPSA) is 38.3 Å². The standard InChI is InChI=1S/C16H24BrNO2/c1-5-11(2)15(16(19)20-4)18-12(3)10-13-6-8-14(17)9-7-13/h6-9,11-12,15,18H,5,10H2,1-4H3. The van der Waals surface area contributed by atoms with E-state index in [9.17, 15) is 4.79 Å². The van der Waals surface area contributed by atoms with Gasteiger partial charge in [0.15, 0.2) is 0 Å². The fourth-order valence-electron chi connectivity index (χ4n) is 2.17. The summed E-state index contributed by atoms with van der Waals surface area (Å²) in [6.07, 6.45) is 1.83. The summed E-state index contributed by atoms with van der Waals surface area (Å²) in [6.45, 7) is 6.25. The van der Waals surface area contributed by atoms with E-state index >= 15 is 0 Å². The van der Waals surface area contributed by atoms with Crippen molar-refractivity contribution in [3.05, 3.63) is 34.3 Å². The SMILES string of the molecule is CCC(C)C(NC(C)Cc1ccc(Br)cc1)C(=O)OC. The number of carbonyl (C=O) groups is 1. The van der Waals surface area contributed by atoms with E-state index < -0.39 is 0 Å². The zero-order valence-electron chi connectivity index (χ0n) is 12.7. The molecule has 0 aromatic heterocycles. The van der Waals surface area contributed by atoms with Gasteiger partial charge in [0.25, 0.3) is 0 Å². The summed E-state index contributed by atoms with van der Waals surface area (Å²) in [5.41, 5.74) is 1.25. The lowest BCUT2D eigenvalue weighted by Gasteiger charge is -2.25. The Morgan fingerprint density at radius 1 is 1.30 bits per heavy atom. The molecule has 0 aliphatic heterocycles. The third-order valence-corrected chi connectivity index (χ3v) is 4.12. The van der Waals surface area contributed by atoms with Crippen molar-refractivity contribution in [2.75, 3.05) is 7.11 Å². The highest BCUT2D eigenvalue weighted by molar-refractivity contribution is 9.10. The zero-order chi connectivity index (χ0) is 15.1. The molecule has 0 aliphatic carbocycles. The highest BCUT2D eigenvalue weighted by atomic mass is 79.9. The van der Waals surface area contributed by atoms with Crippen LogP contribution in [0.2, 0.25) is 0 Å². The number of nitrogens with one attached hydrogen (secondary N) is 1. The minimum absolute atomic E-state index is 0.179. The number of esters is 1. The van der Waals surface area contributed by atoms with Gasteiger partial charge in [-0.1, -0.05) is 48.3 Å². The van der Waals surface area contributed by atoms with E-state index in [1.54, 1.807) is 0 Å². The van der Waals surface area contributed by atoms with E-state index in [-0.39, 0.29) is 24.0 Å². The molecule has 3 unspecified atom stereocenters. The molecule has 0 fully saturated rings. The van der Waals surface area contributed by atoms with Gasteiger partial charge < -0.3 is 10.1 Å². The zero-order valence-corrected chi connectivity index (χ0v) is 14.2. The van der Waals surface area contributed by atoms with E-state index in [2.05, 4.69) is 54.2 Å². The van der Waals surface area contributed by atoms with Gasteiger partial charge in [0, 0.05) is 10.5 Å². The van der Waals surface area contributed by atoms with Crippen LogP contribution in [0.1, 0.15) is 32.8 Å². The van der Waals surface area contributed by atoms with Crippen molar-refractivity contribution < 1.29 is 9.53 Å². The largest absolute Gasteiger partial charge is 0.468 e. The van der Waals surface area contributed by atoms with Crippen LogP contribution < -0.4 is 5.32 Å². The molecule has 1 N–H and O–H groups in total. The van der Waals surface area contributed by atoms with Gasteiger partial charge in [0.1, 0.15) is 6.04 Å². The van der Waals surface area contributed by atoms with E-state index in [0.29, 0.717) is 0 Å². The van der Waals surface area contributed by atoms with Crippen LogP contribution >= 0.6 is 15.9 Å². The lowest BCUT2D eigenvalue weighted by atomic mass is 9.97. The number of hydrogen-bond donors (Lipinski definition) is 1. The molecule has 3 atom stereocenters. The Balaban J connectivity index is 2.63. The second kappa shape index (κ2) is 8.42. The number of benzene rings is 1. The second-order valence-corrected chi connectivity index (χ2v) is 6.20. The quantitative estimate of drug-likeness (QED) is 0.770. The van der Waals surface area contributed by atoms with Crippen molar-refractivity contribution in [3.63, 3.8) is 0 Å². The fourth-order valence-corrected chi connectivity index (χ4v) is 2.43. The van der Waals surface area contributed by atoms with Crippen LogP contribution in [0.3, 0.4) is 0 Å². The first-order valence-electron chi connectivity index (χ1n) is 7.06. The molecule has 4 heteroatoms. The normalized spacial score (nSPS) is 15.4. The number of ether oxygens (including phenoxy) is 1. The molecule has 1 aromatic rings. The number of halogens is 1. The highest BCUT2D eigenvalue weighted by Gasteiger charge is 2.26. The summed E-state index contributed by atoms with van der Waals surface area (Å²) in [6, 6.07) is 8.24. The summed E-state index contributed by atoms with van der Waals surface area (Å²) >= 11 is 3.43. The summed E-state index contributed by atoms with van der Waals surface area (Å²) < 4.78 is 5.97. The molecule has 0 aliphatic rings. The van der Waals surface area contributed by atoms with Crippen molar-refractivity contribution in [1.82, 2.24) is 5.32 Å². The van der Waals surface area contributed by atoms with Gasteiger partial charge in [-0.15, -0.1) is 0 Å². The van der Waals surface area contributed by atoms with Crippen molar-refractivity contribution in [1.29, 1.82) is 0 Å². The van der Waals surface area contributed by atoms with Gasteiger partial charge in [-0.2, -0.15) is 0 Å². The van der Waals surface area contributed by atoms with Crippen LogP contribution in [0.15, 0.2) is 28.7 Å². The number of methoxy groups -OCH3 is 1. The summed E-state index contributed by atoms with van der Waals surface area (Å²) in [5.74, 6) is 0.0804. The molecule has 0 saturated carbocycles. The molecule has 0 saturated heterocycles. The molecular weight excluding hydrogens is 318 g/mol. The lowest BCUT2D eigenvalue weighted by Crippen LogP contribution is -2.47. The first kappa shape index (κ1) is 17.2. The van der Waals surface area contributed by atoms with E-state index in [0.717, 1.165) is 17.3 Å². The Labute approximate surface area is 130 Å². The van der Waals surface area contributed by atoms with Crippen molar-refractivity contribution in [3.8, 4) is 0 Å². The maximum Gasteiger partial charge on any atom is 0.323 e. The molecule has 112 valence electrons. The molecule has 3 nitrogen and oxygen atoms in total. The third-order valence-electron chi connectivity index (χ3n) is 3.59. The predicted molar refractivity (Wildman–Crippen MR) is 85.7 cm³/mol. The fraction of sp³-hybridized carbons (Fsp3) is 0.562. The first-order chi connectivity index (χ1) is 9.47. The lowest BCUT2D eigenvalue weighted by molar-refractivity contribution is -0.144. The number of carbonyl (C=O) groups excluding carboxylic acids is 1. The maximum atomic E-state index is 11.9. The van der Waals surface area contributed by atoms with Crippen LogP contribution in [0, 0.1) is 5.92 Å². The van der Waals surface area contributed by atoms with Crippen LogP contribution in [-0.4, -0.2) is 25.2 Å². The second-order valence-electron chi connectivity index (χ2n) is 5.28. The molecular formula is C16H24BrNO2. The monoisotopic (exact) mass is 341 g/mol. The Hall–Kier alpha value is -0.870. The summed E-state index contributed by atoms with van der Waals surface area (Å²) in [7, 11) is 1.44. The van der Waals surface area contributed by atoms with Gasteiger partial charge in [-0.3, -0.25) is 4.79 Å². The van der Waals surface area contributed by atoms with Gasteiger partial charge in [-0.05, 0) is 37.0 Å². The average Bonchev–Trinajstić information content (AvgIpc) is 2.45. The molecule has 1 rings (SSSR count). The van der Waals surface area contributed by atoms with Gasteiger partial charge in [-0.25, -0.2) is 0 Å². The minimum atomic E-state index is -0.240. The van der Waals surface area contributed by atoms with Crippen LogP contribution in [0.4, 0.5) is 0 Å². The van der Waals surface area contributed by atoms with Gasteiger partial charge in [0.05, 0.1) is 7.11 Å². The van der Waals surface area contributed by atoms with Crippen molar-refractivity contribution in [2.24, 2.45) is 5.92 Å². The Morgan fingerprint density at radius 2 is 1.90 bits per heavy atom. The predicted octanol–water partition coefficient (Wildman–Crippen LogP) is 3.56. The minimum Gasteiger partial charge on any atom is -0.468 e. The van der Waals surface area contributed by atoms with E-state index in [1.165, 1.54) is 12.7 Å².